The van der Waals surface area contributed by atoms with Gasteiger partial charge in [0, 0.05) is 31.8 Å². The number of benzene rings is 1. The number of rotatable bonds is 6. The van der Waals surface area contributed by atoms with Crippen molar-refractivity contribution in [3.63, 3.8) is 0 Å². The fourth-order valence-electron chi connectivity index (χ4n) is 2.51. The van der Waals surface area contributed by atoms with Crippen LogP contribution in [0.3, 0.4) is 0 Å². The third-order valence-electron chi connectivity index (χ3n) is 3.60. The molecule has 0 saturated carbocycles. The van der Waals surface area contributed by atoms with Gasteiger partial charge in [-0.1, -0.05) is 6.08 Å². The van der Waals surface area contributed by atoms with E-state index >= 15 is 0 Å². The summed E-state index contributed by atoms with van der Waals surface area (Å²) < 4.78 is 5.59. The molecule has 0 radical (unpaired) electrons. The Hall–Kier alpha value is -2.41. The molecule has 2 rings (SSSR count). The molecule has 7 heteroatoms. The predicted molar refractivity (Wildman–Crippen MR) is 83.3 cm³/mol. The van der Waals surface area contributed by atoms with E-state index in [1.165, 1.54) is 13.1 Å². The molecule has 1 unspecified atom stereocenters. The Balaban J connectivity index is 2.22. The molecular formula is C15H19N3O4. The summed E-state index contributed by atoms with van der Waals surface area (Å²) in [6.07, 6.45) is 2.53. The van der Waals surface area contributed by atoms with Crippen LogP contribution in [0.1, 0.15) is 16.8 Å². The number of hydrogen-bond donors (Lipinski definition) is 1. The highest BCUT2D eigenvalue weighted by Crippen LogP contribution is 2.32. The van der Waals surface area contributed by atoms with Gasteiger partial charge in [-0.25, -0.2) is 0 Å². The normalized spacial score (nSPS) is 17.3. The van der Waals surface area contributed by atoms with E-state index in [-0.39, 0.29) is 23.3 Å². The Morgan fingerprint density at radius 2 is 2.41 bits per heavy atom. The van der Waals surface area contributed by atoms with Crippen LogP contribution in [0.25, 0.3) is 0 Å². The minimum atomic E-state index is -0.459. The Morgan fingerprint density at radius 3 is 3.05 bits per heavy atom. The number of carbonyl (C=O) groups is 1. The van der Waals surface area contributed by atoms with Crippen LogP contribution in [0.15, 0.2) is 30.9 Å². The fraction of sp³-hybridized carbons (Fsp3) is 0.400. The smallest absolute Gasteiger partial charge is 0.293 e. The molecule has 1 aromatic rings. The van der Waals surface area contributed by atoms with Crippen molar-refractivity contribution in [3.8, 4) is 0 Å². The summed E-state index contributed by atoms with van der Waals surface area (Å²) in [5.74, 6) is -0.344. The van der Waals surface area contributed by atoms with Gasteiger partial charge in [-0.05, 0) is 18.6 Å². The van der Waals surface area contributed by atoms with E-state index in [1.54, 1.807) is 18.2 Å². The van der Waals surface area contributed by atoms with Crippen molar-refractivity contribution in [1.29, 1.82) is 0 Å². The van der Waals surface area contributed by atoms with Crippen molar-refractivity contribution in [2.75, 3.05) is 31.6 Å². The second kappa shape index (κ2) is 7.04. The van der Waals surface area contributed by atoms with Crippen LogP contribution in [-0.2, 0) is 4.74 Å². The minimum Gasteiger partial charge on any atom is -0.372 e. The highest BCUT2D eigenvalue weighted by Gasteiger charge is 2.28. The van der Waals surface area contributed by atoms with Crippen LogP contribution >= 0.6 is 0 Å². The largest absolute Gasteiger partial charge is 0.372 e. The van der Waals surface area contributed by atoms with Gasteiger partial charge in [0.15, 0.2) is 0 Å². The predicted octanol–water partition coefficient (Wildman–Crippen LogP) is 1.74. The number of carbonyl (C=O) groups excluding carboxylic acids is 1. The van der Waals surface area contributed by atoms with Gasteiger partial charge in [-0.2, -0.15) is 0 Å². The Morgan fingerprint density at radius 1 is 1.64 bits per heavy atom. The number of hydrogen-bond acceptors (Lipinski definition) is 5. The van der Waals surface area contributed by atoms with Crippen molar-refractivity contribution < 1.29 is 14.5 Å². The van der Waals surface area contributed by atoms with Crippen molar-refractivity contribution in [1.82, 2.24) is 5.32 Å². The lowest BCUT2D eigenvalue weighted by atomic mass is 10.1. The lowest BCUT2D eigenvalue weighted by Crippen LogP contribution is -2.24. The molecule has 0 aliphatic carbocycles. The lowest BCUT2D eigenvalue weighted by Gasteiger charge is -2.19. The first-order valence-corrected chi connectivity index (χ1v) is 7.04. The minimum absolute atomic E-state index is 0.0382. The molecular weight excluding hydrogens is 286 g/mol. The molecule has 1 fully saturated rings. The molecule has 7 nitrogen and oxygen atoms in total. The summed E-state index contributed by atoms with van der Waals surface area (Å²) in [6.45, 7) is 5.35. The highest BCUT2D eigenvalue weighted by molar-refractivity contribution is 5.95. The highest BCUT2D eigenvalue weighted by atomic mass is 16.6. The topological polar surface area (TPSA) is 84.7 Å². The monoisotopic (exact) mass is 305 g/mol. The lowest BCUT2D eigenvalue weighted by molar-refractivity contribution is -0.384. The van der Waals surface area contributed by atoms with Crippen LogP contribution in [0.5, 0.6) is 0 Å². The quantitative estimate of drug-likeness (QED) is 0.491. The summed E-state index contributed by atoms with van der Waals surface area (Å²) >= 11 is 0. The van der Waals surface area contributed by atoms with E-state index in [0.717, 1.165) is 6.42 Å². The summed E-state index contributed by atoms with van der Waals surface area (Å²) in [7, 11) is 1.49. The zero-order valence-corrected chi connectivity index (χ0v) is 12.4. The number of nitro benzene ring substituents is 1. The first-order valence-electron chi connectivity index (χ1n) is 7.04. The summed E-state index contributed by atoms with van der Waals surface area (Å²) in [4.78, 5) is 24.4. The zero-order chi connectivity index (χ0) is 16.1. The molecule has 1 saturated heterocycles. The molecule has 22 heavy (non-hydrogen) atoms. The molecule has 118 valence electrons. The van der Waals surface area contributed by atoms with E-state index in [9.17, 15) is 14.9 Å². The third kappa shape index (κ3) is 3.43. The Labute approximate surface area is 128 Å². The van der Waals surface area contributed by atoms with Gasteiger partial charge in [0.2, 0.25) is 0 Å². The average molecular weight is 305 g/mol. The summed E-state index contributed by atoms with van der Waals surface area (Å²) in [5.41, 5.74) is 0.726. The van der Waals surface area contributed by atoms with Gasteiger partial charge in [0.1, 0.15) is 5.69 Å². The van der Waals surface area contributed by atoms with Gasteiger partial charge in [-0.15, -0.1) is 6.58 Å². The second-order valence-electron chi connectivity index (χ2n) is 5.02. The number of amides is 1. The molecule has 1 aromatic carbocycles. The standard InChI is InChI=1S/C15H19N3O4/c1-3-8-22-12-6-7-17(10-12)13-5-4-11(15(19)16-2)9-14(13)18(20)21/h3-5,9,12H,1,6-8,10H2,2H3,(H,16,19). The maximum absolute atomic E-state index is 11.6. The van der Waals surface area contributed by atoms with Crippen LogP contribution in [-0.4, -0.2) is 43.7 Å². The molecule has 0 aromatic heterocycles. The van der Waals surface area contributed by atoms with Gasteiger partial charge in [-0.3, -0.25) is 14.9 Å². The maximum atomic E-state index is 11.6. The molecule has 1 amide bonds. The second-order valence-corrected chi connectivity index (χ2v) is 5.02. The first kappa shape index (κ1) is 16.0. The third-order valence-corrected chi connectivity index (χ3v) is 3.60. The fourth-order valence-corrected chi connectivity index (χ4v) is 2.51. The SMILES string of the molecule is C=CCOC1CCN(c2ccc(C(=O)NC)cc2[N+](=O)[O-])C1. The van der Waals surface area contributed by atoms with Gasteiger partial charge in [0.05, 0.1) is 17.6 Å². The van der Waals surface area contributed by atoms with Crippen molar-refractivity contribution in [2.45, 2.75) is 12.5 Å². The Bertz CT molecular complexity index is 588. The molecule has 1 atom stereocenters. The van der Waals surface area contributed by atoms with E-state index < -0.39 is 4.92 Å². The average Bonchev–Trinajstić information content (AvgIpc) is 3.00. The molecule has 0 spiro atoms. The number of nitrogens with zero attached hydrogens (tertiary/aromatic N) is 2. The molecule has 1 heterocycles. The maximum Gasteiger partial charge on any atom is 0.293 e. The van der Waals surface area contributed by atoms with Crippen LogP contribution in [0.2, 0.25) is 0 Å². The first-order chi connectivity index (χ1) is 10.6. The van der Waals surface area contributed by atoms with Gasteiger partial charge in [0.25, 0.3) is 11.6 Å². The summed E-state index contributed by atoms with van der Waals surface area (Å²) in [5, 5.41) is 13.8. The van der Waals surface area contributed by atoms with Gasteiger partial charge >= 0.3 is 0 Å². The van der Waals surface area contributed by atoms with Crippen molar-refractivity contribution >= 4 is 17.3 Å². The van der Waals surface area contributed by atoms with E-state index in [0.29, 0.717) is 25.4 Å². The van der Waals surface area contributed by atoms with E-state index in [4.69, 9.17) is 4.74 Å². The molecule has 1 aliphatic rings. The number of ether oxygens (including phenoxy) is 1. The van der Waals surface area contributed by atoms with Crippen LogP contribution in [0.4, 0.5) is 11.4 Å². The Kier molecular flexibility index (Phi) is 5.11. The molecule has 1 N–H and O–H groups in total. The van der Waals surface area contributed by atoms with E-state index in [2.05, 4.69) is 11.9 Å². The molecule has 0 bridgehead atoms. The van der Waals surface area contributed by atoms with E-state index in [1.807, 2.05) is 4.90 Å². The number of nitro groups is 1. The number of anilines is 1. The zero-order valence-electron chi connectivity index (χ0n) is 12.4. The van der Waals surface area contributed by atoms with Crippen molar-refractivity contribution in [2.24, 2.45) is 0 Å². The number of nitrogens with one attached hydrogen (secondary N) is 1. The van der Waals surface area contributed by atoms with Crippen molar-refractivity contribution in [3.05, 3.63) is 46.5 Å². The van der Waals surface area contributed by atoms with Gasteiger partial charge < -0.3 is 15.0 Å². The van der Waals surface area contributed by atoms with Crippen LogP contribution in [0, 0.1) is 10.1 Å². The summed E-state index contributed by atoms with van der Waals surface area (Å²) in [6, 6.07) is 4.53. The molecule has 1 aliphatic heterocycles. The van der Waals surface area contributed by atoms with Crippen LogP contribution < -0.4 is 10.2 Å².